The lowest BCUT2D eigenvalue weighted by Crippen LogP contribution is -2.10. The van der Waals surface area contributed by atoms with Crippen LogP contribution in [-0.2, 0) is 6.18 Å². The summed E-state index contributed by atoms with van der Waals surface area (Å²) in [5, 5.41) is 15.4. The highest BCUT2D eigenvalue weighted by Crippen LogP contribution is 2.33. The molecule has 110 valence electrons. The Morgan fingerprint density at radius 1 is 1.38 bits per heavy atom. The van der Waals surface area contributed by atoms with E-state index in [0.29, 0.717) is 5.82 Å². The lowest BCUT2D eigenvalue weighted by atomic mass is 10.1. The monoisotopic (exact) mass is 312 g/mol. The first-order valence-corrected chi connectivity index (χ1v) is 6.45. The molecule has 0 unspecified atom stereocenters. The van der Waals surface area contributed by atoms with Crippen LogP contribution in [0.5, 0.6) is 0 Å². The van der Waals surface area contributed by atoms with Gasteiger partial charge in [0.1, 0.15) is 5.82 Å². The molecular formula is C13H11F3N4S. The van der Waals surface area contributed by atoms with Crippen molar-refractivity contribution >= 4 is 12.2 Å². The van der Waals surface area contributed by atoms with Crippen molar-refractivity contribution in [3.8, 4) is 11.8 Å². The molecule has 0 amide bonds. The summed E-state index contributed by atoms with van der Waals surface area (Å²) in [6.45, 7) is 3.71. The van der Waals surface area contributed by atoms with E-state index in [0.717, 1.165) is 12.1 Å². The minimum atomic E-state index is -4.61. The Morgan fingerprint density at radius 3 is 2.57 bits per heavy atom. The topological polar surface area (TPSA) is 57.4 Å². The van der Waals surface area contributed by atoms with Crippen LogP contribution in [0.25, 0.3) is 5.69 Å². The summed E-state index contributed by atoms with van der Waals surface area (Å²) < 4.78 is 40.7. The van der Waals surface area contributed by atoms with Crippen LogP contribution in [0.4, 0.5) is 13.2 Å². The highest BCUT2D eigenvalue weighted by atomic mass is 32.1. The number of hydrogen-bond donors (Lipinski definition) is 1. The Hall–Kier alpha value is -2.14. The fourth-order valence-electron chi connectivity index (χ4n) is 1.95. The summed E-state index contributed by atoms with van der Waals surface area (Å²) in [7, 11) is 0. The van der Waals surface area contributed by atoms with Crippen molar-refractivity contribution in [2.24, 2.45) is 0 Å². The fourth-order valence-corrected chi connectivity index (χ4v) is 2.19. The molecule has 0 saturated heterocycles. The SMILES string of the molecule is CC(C)c1n[nH]c(=S)n1-c1ccc(C#N)c(C(F)(F)F)c1. The molecule has 0 saturated carbocycles. The molecule has 0 aliphatic rings. The quantitative estimate of drug-likeness (QED) is 0.854. The minimum Gasteiger partial charge on any atom is -0.272 e. The third kappa shape index (κ3) is 2.83. The maximum absolute atomic E-state index is 13.0. The number of hydrogen-bond acceptors (Lipinski definition) is 3. The molecule has 2 rings (SSSR count). The van der Waals surface area contributed by atoms with Gasteiger partial charge in [-0.3, -0.25) is 9.67 Å². The molecule has 0 aliphatic carbocycles. The summed E-state index contributed by atoms with van der Waals surface area (Å²) in [6, 6.07) is 5.02. The lowest BCUT2D eigenvalue weighted by Gasteiger charge is -2.13. The Bertz CT molecular complexity index is 765. The van der Waals surface area contributed by atoms with E-state index in [2.05, 4.69) is 10.2 Å². The molecule has 1 heterocycles. The average molecular weight is 312 g/mol. The molecule has 0 spiro atoms. The highest BCUT2D eigenvalue weighted by Gasteiger charge is 2.34. The number of alkyl halides is 3. The Balaban J connectivity index is 2.71. The second kappa shape index (κ2) is 5.33. The summed E-state index contributed by atoms with van der Waals surface area (Å²) >= 11 is 5.07. The van der Waals surface area contributed by atoms with Crippen molar-refractivity contribution in [1.29, 1.82) is 5.26 Å². The smallest absolute Gasteiger partial charge is 0.272 e. The maximum Gasteiger partial charge on any atom is 0.417 e. The van der Waals surface area contributed by atoms with Gasteiger partial charge in [0.2, 0.25) is 0 Å². The second-order valence-corrected chi connectivity index (χ2v) is 5.10. The Morgan fingerprint density at radius 2 is 2.05 bits per heavy atom. The summed E-state index contributed by atoms with van der Waals surface area (Å²) in [4.78, 5) is 0. The van der Waals surface area contributed by atoms with Crippen LogP contribution in [0.15, 0.2) is 18.2 Å². The fraction of sp³-hybridized carbons (Fsp3) is 0.308. The second-order valence-electron chi connectivity index (χ2n) is 4.72. The number of aromatic amines is 1. The van der Waals surface area contributed by atoms with Gasteiger partial charge < -0.3 is 0 Å². The molecule has 1 aromatic heterocycles. The number of halogens is 3. The third-order valence-electron chi connectivity index (χ3n) is 2.90. The van der Waals surface area contributed by atoms with Crippen molar-refractivity contribution in [2.45, 2.75) is 25.9 Å². The van der Waals surface area contributed by atoms with E-state index in [1.54, 1.807) is 6.07 Å². The number of nitrogens with one attached hydrogen (secondary N) is 1. The van der Waals surface area contributed by atoms with Crippen molar-refractivity contribution in [3.05, 3.63) is 39.9 Å². The van der Waals surface area contributed by atoms with E-state index >= 15 is 0 Å². The van der Waals surface area contributed by atoms with Crippen LogP contribution in [0.1, 0.15) is 36.7 Å². The van der Waals surface area contributed by atoms with Crippen molar-refractivity contribution in [2.75, 3.05) is 0 Å². The number of nitrogens with zero attached hydrogens (tertiary/aromatic N) is 3. The maximum atomic E-state index is 13.0. The molecule has 2 aromatic rings. The molecule has 0 radical (unpaired) electrons. The van der Waals surface area contributed by atoms with Crippen LogP contribution in [-0.4, -0.2) is 14.8 Å². The van der Waals surface area contributed by atoms with E-state index in [1.165, 1.54) is 10.6 Å². The molecule has 0 bridgehead atoms. The van der Waals surface area contributed by atoms with Gasteiger partial charge in [0.15, 0.2) is 4.77 Å². The van der Waals surface area contributed by atoms with E-state index < -0.39 is 17.3 Å². The number of rotatable bonds is 2. The predicted octanol–water partition coefficient (Wildman–Crippen LogP) is 3.94. The molecule has 0 aliphatic heterocycles. The molecule has 21 heavy (non-hydrogen) atoms. The normalized spacial score (nSPS) is 11.7. The van der Waals surface area contributed by atoms with Gasteiger partial charge in [-0.1, -0.05) is 13.8 Å². The zero-order valence-corrected chi connectivity index (χ0v) is 12.0. The number of benzene rings is 1. The van der Waals surface area contributed by atoms with Gasteiger partial charge in [-0.2, -0.15) is 23.5 Å². The molecule has 0 fully saturated rings. The molecule has 1 N–H and O–H groups in total. The summed E-state index contributed by atoms with van der Waals surface area (Å²) in [5.74, 6) is 0.501. The zero-order valence-electron chi connectivity index (χ0n) is 11.2. The third-order valence-corrected chi connectivity index (χ3v) is 3.18. The first-order chi connectivity index (χ1) is 9.75. The first-order valence-electron chi connectivity index (χ1n) is 6.04. The molecule has 4 nitrogen and oxygen atoms in total. The molecular weight excluding hydrogens is 301 g/mol. The summed E-state index contributed by atoms with van der Waals surface area (Å²) in [6.07, 6.45) is -4.61. The molecule has 1 aromatic carbocycles. The van der Waals surface area contributed by atoms with Crippen LogP contribution in [0.2, 0.25) is 0 Å². The van der Waals surface area contributed by atoms with Crippen LogP contribution < -0.4 is 0 Å². The van der Waals surface area contributed by atoms with Crippen LogP contribution >= 0.6 is 12.2 Å². The lowest BCUT2D eigenvalue weighted by molar-refractivity contribution is -0.137. The van der Waals surface area contributed by atoms with Crippen molar-refractivity contribution in [3.63, 3.8) is 0 Å². The van der Waals surface area contributed by atoms with Crippen LogP contribution in [0, 0.1) is 16.1 Å². The number of nitriles is 1. The largest absolute Gasteiger partial charge is 0.417 e. The summed E-state index contributed by atoms with van der Waals surface area (Å²) in [5.41, 5.74) is -1.18. The molecule has 8 heteroatoms. The number of aromatic nitrogens is 3. The van der Waals surface area contributed by atoms with Gasteiger partial charge >= 0.3 is 6.18 Å². The van der Waals surface area contributed by atoms with E-state index in [-0.39, 0.29) is 16.4 Å². The standard InChI is InChI=1S/C13H11F3N4S/c1-7(2)11-18-19-12(21)20(11)9-4-3-8(6-17)10(5-9)13(14,15)16/h3-5,7H,1-2H3,(H,19,21). The van der Waals surface area contributed by atoms with E-state index in [1.807, 2.05) is 13.8 Å². The van der Waals surface area contributed by atoms with Gasteiger partial charge in [-0.25, -0.2) is 0 Å². The van der Waals surface area contributed by atoms with Gasteiger partial charge in [-0.15, -0.1) is 0 Å². The average Bonchev–Trinajstić information content (AvgIpc) is 2.79. The Labute approximate surface area is 123 Å². The zero-order chi connectivity index (χ0) is 15.8. The van der Waals surface area contributed by atoms with E-state index in [9.17, 15) is 13.2 Å². The van der Waals surface area contributed by atoms with Gasteiger partial charge in [-0.05, 0) is 30.4 Å². The van der Waals surface area contributed by atoms with Crippen LogP contribution in [0.3, 0.4) is 0 Å². The Kier molecular flexibility index (Phi) is 3.87. The van der Waals surface area contributed by atoms with E-state index in [4.69, 9.17) is 17.5 Å². The highest BCUT2D eigenvalue weighted by molar-refractivity contribution is 7.71. The van der Waals surface area contributed by atoms with Gasteiger partial charge in [0.25, 0.3) is 0 Å². The van der Waals surface area contributed by atoms with Gasteiger partial charge in [0.05, 0.1) is 22.9 Å². The van der Waals surface area contributed by atoms with Gasteiger partial charge in [0, 0.05) is 5.92 Å². The minimum absolute atomic E-state index is 0.0251. The predicted molar refractivity (Wildman–Crippen MR) is 72.6 cm³/mol. The first kappa shape index (κ1) is 15.3. The molecule has 0 atom stereocenters. The van der Waals surface area contributed by atoms with Crippen molar-refractivity contribution < 1.29 is 13.2 Å². The number of H-pyrrole nitrogens is 1. The van der Waals surface area contributed by atoms with Crippen molar-refractivity contribution in [1.82, 2.24) is 14.8 Å².